The summed E-state index contributed by atoms with van der Waals surface area (Å²) < 4.78 is 13.8. The van der Waals surface area contributed by atoms with Crippen LogP contribution in [0.1, 0.15) is 37.7 Å². The van der Waals surface area contributed by atoms with Crippen LogP contribution in [0.5, 0.6) is 0 Å². The van der Waals surface area contributed by atoms with E-state index < -0.39 is 5.41 Å². The van der Waals surface area contributed by atoms with E-state index >= 15 is 0 Å². The SMILES string of the molecule is O=C1N(F)c2ccccc2C12CCCCC2. The fourth-order valence-electron chi connectivity index (χ4n) is 3.10. The van der Waals surface area contributed by atoms with E-state index in [-0.39, 0.29) is 5.91 Å². The van der Waals surface area contributed by atoms with Crippen molar-refractivity contribution in [2.45, 2.75) is 37.5 Å². The van der Waals surface area contributed by atoms with Crippen LogP contribution in [0.4, 0.5) is 10.2 Å². The van der Waals surface area contributed by atoms with Crippen molar-refractivity contribution in [1.82, 2.24) is 0 Å². The molecule has 0 N–H and O–H groups in total. The van der Waals surface area contributed by atoms with Gasteiger partial charge in [-0.25, -0.2) is 0 Å². The quantitative estimate of drug-likeness (QED) is 0.614. The molecular formula is C13H14FNO. The van der Waals surface area contributed by atoms with Crippen LogP contribution in [0.2, 0.25) is 0 Å². The largest absolute Gasteiger partial charge is 0.271 e. The highest BCUT2D eigenvalue weighted by molar-refractivity contribution is 6.06. The van der Waals surface area contributed by atoms with Gasteiger partial charge in [0.1, 0.15) is 0 Å². The standard InChI is InChI=1S/C13H14FNO/c14-15-11-7-3-2-6-10(11)13(12(15)16)8-4-1-5-9-13/h2-3,6-7H,1,4-5,8-9H2. The van der Waals surface area contributed by atoms with Gasteiger partial charge in [0.05, 0.1) is 11.1 Å². The second-order valence-corrected chi connectivity index (χ2v) is 4.75. The molecule has 1 spiro atoms. The van der Waals surface area contributed by atoms with Crippen molar-refractivity contribution in [3.63, 3.8) is 0 Å². The van der Waals surface area contributed by atoms with Crippen LogP contribution in [0.15, 0.2) is 24.3 Å². The van der Waals surface area contributed by atoms with E-state index in [1.807, 2.05) is 12.1 Å². The number of nitrogens with zero attached hydrogens (tertiary/aromatic N) is 1. The smallest absolute Gasteiger partial charge is 0.265 e. The fraction of sp³-hybridized carbons (Fsp3) is 0.462. The summed E-state index contributed by atoms with van der Waals surface area (Å²) in [6, 6.07) is 7.26. The third-order valence-corrected chi connectivity index (χ3v) is 3.93. The summed E-state index contributed by atoms with van der Waals surface area (Å²) in [4.78, 5) is 12.1. The molecule has 1 amide bonds. The second kappa shape index (κ2) is 3.30. The first-order chi connectivity index (χ1) is 7.76. The Morgan fingerprint density at radius 3 is 2.56 bits per heavy atom. The minimum atomic E-state index is -0.552. The van der Waals surface area contributed by atoms with Crippen LogP contribution >= 0.6 is 0 Å². The summed E-state index contributed by atoms with van der Waals surface area (Å²) in [6.45, 7) is 0. The van der Waals surface area contributed by atoms with Crippen molar-refractivity contribution in [3.8, 4) is 0 Å². The number of para-hydroxylation sites is 1. The van der Waals surface area contributed by atoms with E-state index in [4.69, 9.17) is 0 Å². The van der Waals surface area contributed by atoms with E-state index in [2.05, 4.69) is 0 Å². The summed E-state index contributed by atoms with van der Waals surface area (Å²) in [7, 11) is 0. The lowest BCUT2D eigenvalue weighted by molar-refractivity contribution is -0.126. The molecule has 3 heteroatoms. The molecule has 0 radical (unpaired) electrons. The third-order valence-electron chi connectivity index (χ3n) is 3.93. The summed E-state index contributed by atoms with van der Waals surface area (Å²) in [5.74, 6) is -0.353. The van der Waals surface area contributed by atoms with Crippen LogP contribution in [-0.2, 0) is 10.2 Å². The minimum Gasteiger partial charge on any atom is -0.271 e. The van der Waals surface area contributed by atoms with Gasteiger partial charge < -0.3 is 0 Å². The van der Waals surface area contributed by atoms with Crippen LogP contribution in [-0.4, -0.2) is 5.91 Å². The summed E-state index contributed by atoms with van der Waals surface area (Å²) in [5, 5.41) is 0.348. The Morgan fingerprint density at radius 1 is 1.12 bits per heavy atom. The molecule has 2 aliphatic rings. The van der Waals surface area contributed by atoms with Gasteiger partial charge in [-0.1, -0.05) is 41.9 Å². The summed E-state index contributed by atoms with van der Waals surface area (Å²) in [5.41, 5.74) is 0.792. The average Bonchev–Trinajstić information content (AvgIpc) is 2.55. The number of fused-ring (bicyclic) bond motifs is 2. The average molecular weight is 219 g/mol. The Labute approximate surface area is 94.0 Å². The second-order valence-electron chi connectivity index (χ2n) is 4.75. The number of anilines is 1. The Kier molecular flexibility index (Phi) is 2.03. The molecule has 2 nitrogen and oxygen atoms in total. The third kappa shape index (κ3) is 1.09. The molecule has 0 atom stereocenters. The molecule has 0 aromatic heterocycles. The van der Waals surface area contributed by atoms with Crippen molar-refractivity contribution in [2.24, 2.45) is 0 Å². The Bertz CT molecular complexity index is 437. The Morgan fingerprint density at radius 2 is 1.81 bits per heavy atom. The topological polar surface area (TPSA) is 20.3 Å². The molecule has 1 aromatic carbocycles. The summed E-state index contributed by atoms with van der Waals surface area (Å²) in [6.07, 6.45) is 4.79. The highest BCUT2D eigenvalue weighted by atomic mass is 19.2. The summed E-state index contributed by atoms with van der Waals surface area (Å²) >= 11 is 0. The van der Waals surface area contributed by atoms with E-state index in [0.717, 1.165) is 37.7 Å². The molecule has 0 bridgehead atoms. The first kappa shape index (κ1) is 9.82. The van der Waals surface area contributed by atoms with Crippen LogP contribution in [0.3, 0.4) is 0 Å². The molecule has 1 aliphatic carbocycles. The fourth-order valence-corrected chi connectivity index (χ4v) is 3.10. The first-order valence-electron chi connectivity index (χ1n) is 5.85. The normalized spacial score (nSPS) is 22.6. The van der Waals surface area contributed by atoms with Gasteiger partial charge in [0, 0.05) is 0 Å². The van der Waals surface area contributed by atoms with Gasteiger partial charge >= 0.3 is 0 Å². The van der Waals surface area contributed by atoms with Gasteiger partial charge in [-0.2, -0.15) is 0 Å². The molecule has 1 aromatic rings. The molecule has 1 aliphatic heterocycles. The zero-order valence-electron chi connectivity index (χ0n) is 9.08. The van der Waals surface area contributed by atoms with Crippen LogP contribution in [0, 0.1) is 0 Å². The predicted octanol–water partition coefficient (Wildman–Crippen LogP) is 3.12. The van der Waals surface area contributed by atoms with Gasteiger partial charge in [-0.3, -0.25) is 4.79 Å². The molecule has 1 saturated carbocycles. The number of rotatable bonds is 0. The number of carbonyl (C=O) groups excluding carboxylic acids is 1. The minimum absolute atomic E-state index is 0.348. The number of hydrogen-bond donors (Lipinski definition) is 0. The van der Waals surface area contributed by atoms with Crippen LogP contribution in [0.25, 0.3) is 0 Å². The Balaban J connectivity index is 2.16. The lowest BCUT2D eigenvalue weighted by Crippen LogP contribution is -2.38. The molecule has 0 saturated heterocycles. The van der Waals surface area contributed by atoms with E-state index in [0.29, 0.717) is 10.8 Å². The molecule has 1 fully saturated rings. The monoisotopic (exact) mass is 219 g/mol. The van der Waals surface area contributed by atoms with Gasteiger partial charge in [0.25, 0.3) is 5.91 Å². The molecule has 84 valence electrons. The molecular weight excluding hydrogens is 205 g/mol. The predicted molar refractivity (Wildman–Crippen MR) is 59.8 cm³/mol. The number of carbonyl (C=O) groups is 1. The highest BCUT2D eigenvalue weighted by Gasteiger charge is 2.51. The zero-order valence-corrected chi connectivity index (χ0v) is 9.08. The van der Waals surface area contributed by atoms with Crippen molar-refractivity contribution in [2.75, 3.05) is 5.12 Å². The van der Waals surface area contributed by atoms with E-state index in [1.165, 1.54) is 0 Å². The molecule has 0 unspecified atom stereocenters. The van der Waals surface area contributed by atoms with Crippen molar-refractivity contribution >= 4 is 11.6 Å². The van der Waals surface area contributed by atoms with E-state index in [1.54, 1.807) is 12.1 Å². The van der Waals surface area contributed by atoms with E-state index in [9.17, 15) is 9.28 Å². The number of halogens is 1. The number of hydrogen-bond acceptors (Lipinski definition) is 1. The number of benzene rings is 1. The van der Waals surface area contributed by atoms with Crippen molar-refractivity contribution in [1.29, 1.82) is 0 Å². The molecule has 1 heterocycles. The maximum Gasteiger partial charge on any atom is 0.265 e. The number of amides is 1. The van der Waals surface area contributed by atoms with Crippen molar-refractivity contribution in [3.05, 3.63) is 29.8 Å². The lowest BCUT2D eigenvalue weighted by atomic mass is 9.70. The Hall–Kier alpha value is -1.38. The first-order valence-corrected chi connectivity index (χ1v) is 5.85. The van der Waals surface area contributed by atoms with Gasteiger partial charge in [0.2, 0.25) is 0 Å². The van der Waals surface area contributed by atoms with Gasteiger partial charge in [-0.05, 0) is 24.5 Å². The molecule has 3 rings (SSSR count). The van der Waals surface area contributed by atoms with Gasteiger partial charge in [0.15, 0.2) is 0 Å². The maximum absolute atomic E-state index is 13.8. The zero-order chi connectivity index (χ0) is 11.2. The van der Waals surface area contributed by atoms with Crippen LogP contribution < -0.4 is 5.12 Å². The maximum atomic E-state index is 13.8. The lowest BCUT2D eigenvalue weighted by Gasteiger charge is -2.31. The molecule has 16 heavy (non-hydrogen) atoms. The van der Waals surface area contributed by atoms with Crippen molar-refractivity contribution < 1.29 is 9.28 Å². The van der Waals surface area contributed by atoms with Gasteiger partial charge in [-0.15, -0.1) is 5.12 Å². The highest BCUT2D eigenvalue weighted by Crippen LogP contribution is 2.49.